The van der Waals surface area contributed by atoms with E-state index in [1.807, 2.05) is 6.07 Å². The van der Waals surface area contributed by atoms with E-state index in [1.54, 1.807) is 18.2 Å². The maximum absolute atomic E-state index is 11.3. The van der Waals surface area contributed by atoms with E-state index in [9.17, 15) is 4.79 Å². The summed E-state index contributed by atoms with van der Waals surface area (Å²) in [6, 6.07) is 7.06. The summed E-state index contributed by atoms with van der Waals surface area (Å²) >= 11 is 3.50. The van der Waals surface area contributed by atoms with Gasteiger partial charge in [-0.05, 0) is 17.5 Å². The van der Waals surface area contributed by atoms with Gasteiger partial charge in [0.1, 0.15) is 5.75 Å². The number of halogens is 1. The zero-order chi connectivity index (χ0) is 13.8. The molecule has 4 heteroatoms. The number of primary amides is 1. The lowest BCUT2D eigenvalue weighted by molar-refractivity contribution is 0.0993. The number of ether oxygens (including phenoxy) is 1. The van der Waals surface area contributed by atoms with E-state index in [1.165, 1.54) is 0 Å². The fourth-order valence-corrected chi connectivity index (χ4v) is 2.67. The molecule has 1 amide bonds. The molecule has 3 nitrogen and oxygen atoms in total. The number of amides is 1. The highest BCUT2D eigenvalue weighted by atomic mass is 79.9. The first-order chi connectivity index (χ1) is 8.36. The molecule has 18 heavy (non-hydrogen) atoms. The van der Waals surface area contributed by atoms with Gasteiger partial charge < -0.3 is 10.5 Å². The van der Waals surface area contributed by atoms with E-state index in [-0.39, 0.29) is 5.41 Å². The molecule has 0 saturated heterocycles. The molecule has 1 aromatic carbocycles. The smallest absolute Gasteiger partial charge is 0.252 e. The van der Waals surface area contributed by atoms with Crippen molar-refractivity contribution in [1.29, 1.82) is 0 Å². The van der Waals surface area contributed by atoms with Gasteiger partial charge in [-0.1, -0.05) is 48.8 Å². The van der Waals surface area contributed by atoms with Crippen LogP contribution >= 0.6 is 15.9 Å². The Balaban J connectivity index is 2.77. The first kappa shape index (κ1) is 15.0. The van der Waals surface area contributed by atoms with Crippen LogP contribution < -0.4 is 10.5 Å². The van der Waals surface area contributed by atoms with Crippen molar-refractivity contribution < 1.29 is 9.53 Å². The van der Waals surface area contributed by atoms with Crippen LogP contribution in [0.2, 0.25) is 0 Å². The summed E-state index contributed by atoms with van der Waals surface area (Å²) in [4.78, 5) is 11.3. The second kappa shape index (κ2) is 6.23. The Hall–Kier alpha value is -1.03. The van der Waals surface area contributed by atoms with Crippen molar-refractivity contribution in [1.82, 2.24) is 0 Å². The summed E-state index contributed by atoms with van der Waals surface area (Å²) < 4.78 is 5.75. The van der Waals surface area contributed by atoms with Gasteiger partial charge in [0, 0.05) is 11.2 Å². The fraction of sp³-hybridized carbons (Fsp3) is 0.500. The molecule has 0 aliphatic rings. The Morgan fingerprint density at radius 1 is 1.39 bits per heavy atom. The van der Waals surface area contributed by atoms with Gasteiger partial charge in [-0.15, -0.1) is 0 Å². The lowest BCUT2D eigenvalue weighted by atomic mass is 9.83. The molecule has 0 spiro atoms. The van der Waals surface area contributed by atoms with E-state index in [0.29, 0.717) is 23.8 Å². The normalized spacial score (nSPS) is 13.1. The lowest BCUT2D eigenvalue weighted by Crippen LogP contribution is -2.28. The standard InChI is InChI=1S/C14H20BrNO2/c1-14(2,3)10(8-15)9-18-12-7-5-4-6-11(12)13(16)17/h4-7,10H,8-9H2,1-3H3,(H2,16,17). The van der Waals surface area contributed by atoms with Gasteiger partial charge in [0.2, 0.25) is 0 Å². The van der Waals surface area contributed by atoms with Crippen LogP contribution in [0, 0.1) is 11.3 Å². The molecule has 0 fully saturated rings. The largest absolute Gasteiger partial charge is 0.492 e. The molecule has 1 rings (SSSR count). The molecule has 1 unspecified atom stereocenters. The molecule has 0 aliphatic carbocycles. The molecule has 0 bridgehead atoms. The van der Waals surface area contributed by atoms with Gasteiger partial charge in [-0.2, -0.15) is 0 Å². The molecule has 100 valence electrons. The monoisotopic (exact) mass is 313 g/mol. The number of rotatable bonds is 5. The van der Waals surface area contributed by atoms with Crippen LogP contribution in [-0.2, 0) is 0 Å². The Bertz CT molecular complexity index is 413. The highest BCUT2D eigenvalue weighted by molar-refractivity contribution is 9.09. The molecule has 0 saturated carbocycles. The van der Waals surface area contributed by atoms with Crippen LogP contribution in [0.5, 0.6) is 5.75 Å². The quantitative estimate of drug-likeness (QED) is 0.848. The maximum atomic E-state index is 11.3. The fourth-order valence-electron chi connectivity index (χ4n) is 1.51. The average Bonchev–Trinajstić information content (AvgIpc) is 2.28. The van der Waals surface area contributed by atoms with Gasteiger partial charge in [-0.3, -0.25) is 4.79 Å². The van der Waals surface area contributed by atoms with Crippen molar-refractivity contribution >= 4 is 21.8 Å². The van der Waals surface area contributed by atoms with Crippen LogP contribution in [0.25, 0.3) is 0 Å². The minimum absolute atomic E-state index is 0.144. The van der Waals surface area contributed by atoms with E-state index in [0.717, 1.165) is 5.33 Å². The topological polar surface area (TPSA) is 52.3 Å². The average molecular weight is 314 g/mol. The second-order valence-electron chi connectivity index (χ2n) is 5.39. The van der Waals surface area contributed by atoms with Gasteiger partial charge in [0.15, 0.2) is 0 Å². The number of carbonyl (C=O) groups excluding carboxylic acids is 1. The van der Waals surface area contributed by atoms with Crippen molar-refractivity contribution in [2.24, 2.45) is 17.1 Å². The molecule has 0 aromatic heterocycles. The predicted molar refractivity (Wildman–Crippen MR) is 77.2 cm³/mol. The number of alkyl halides is 1. The van der Waals surface area contributed by atoms with E-state index < -0.39 is 5.91 Å². The summed E-state index contributed by atoms with van der Waals surface area (Å²) in [5.74, 6) is 0.454. The number of hydrogen-bond acceptors (Lipinski definition) is 2. The first-order valence-electron chi connectivity index (χ1n) is 5.94. The number of nitrogens with two attached hydrogens (primary N) is 1. The summed E-state index contributed by atoms with van der Waals surface area (Å²) in [6.07, 6.45) is 0. The zero-order valence-electron chi connectivity index (χ0n) is 11.1. The predicted octanol–water partition coefficient (Wildman–Crippen LogP) is 3.22. The summed E-state index contributed by atoms with van der Waals surface area (Å²) in [7, 11) is 0. The Morgan fingerprint density at radius 2 is 2.00 bits per heavy atom. The third-order valence-electron chi connectivity index (χ3n) is 3.00. The highest BCUT2D eigenvalue weighted by Crippen LogP contribution is 2.29. The zero-order valence-corrected chi connectivity index (χ0v) is 12.7. The van der Waals surface area contributed by atoms with E-state index in [2.05, 4.69) is 36.7 Å². The van der Waals surface area contributed by atoms with Gasteiger partial charge in [0.25, 0.3) is 5.91 Å². The van der Waals surface area contributed by atoms with Crippen molar-refractivity contribution in [3.05, 3.63) is 29.8 Å². The van der Waals surface area contributed by atoms with Crippen LogP contribution in [-0.4, -0.2) is 17.8 Å². The molecule has 1 atom stereocenters. The van der Waals surface area contributed by atoms with Gasteiger partial charge >= 0.3 is 0 Å². The molecule has 2 N–H and O–H groups in total. The van der Waals surface area contributed by atoms with Crippen LogP contribution in [0.4, 0.5) is 0 Å². The van der Waals surface area contributed by atoms with Crippen LogP contribution in [0.15, 0.2) is 24.3 Å². The third-order valence-corrected chi connectivity index (χ3v) is 3.79. The maximum Gasteiger partial charge on any atom is 0.252 e. The summed E-state index contributed by atoms with van der Waals surface area (Å²) in [5.41, 5.74) is 5.89. The number of para-hydroxylation sites is 1. The highest BCUT2D eigenvalue weighted by Gasteiger charge is 2.24. The summed E-state index contributed by atoms with van der Waals surface area (Å²) in [5, 5.41) is 0.856. The number of benzene rings is 1. The number of hydrogen-bond donors (Lipinski definition) is 1. The van der Waals surface area contributed by atoms with Crippen molar-refractivity contribution in [3.63, 3.8) is 0 Å². The lowest BCUT2D eigenvalue weighted by Gasteiger charge is -2.29. The van der Waals surface area contributed by atoms with Gasteiger partial charge in [-0.25, -0.2) is 0 Å². The Labute approximate surface area is 117 Å². The minimum atomic E-state index is -0.461. The molecule has 0 aliphatic heterocycles. The van der Waals surface area contributed by atoms with Crippen molar-refractivity contribution in [2.75, 3.05) is 11.9 Å². The van der Waals surface area contributed by atoms with Crippen LogP contribution in [0.3, 0.4) is 0 Å². The van der Waals surface area contributed by atoms with Gasteiger partial charge in [0.05, 0.1) is 12.2 Å². The van der Waals surface area contributed by atoms with E-state index >= 15 is 0 Å². The minimum Gasteiger partial charge on any atom is -0.492 e. The third kappa shape index (κ3) is 4.02. The summed E-state index contributed by atoms with van der Waals surface area (Å²) in [6.45, 7) is 7.06. The molecule has 0 heterocycles. The molecule has 1 aromatic rings. The second-order valence-corrected chi connectivity index (χ2v) is 6.04. The Kier molecular flexibility index (Phi) is 5.20. The Morgan fingerprint density at radius 3 is 2.50 bits per heavy atom. The van der Waals surface area contributed by atoms with E-state index in [4.69, 9.17) is 10.5 Å². The first-order valence-corrected chi connectivity index (χ1v) is 7.06. The number of carbonyl (C=O) groups is 1. The molecular formula is C14H20BrNO2. The SMILES string of the molecule is CC(C)(C)C(CBr)COc1ccccc1C(N)=O. The van der Waals surface area contributed by atoms with Crippen molar-refractivity contribution in [3.8, 4) is 5.75 Å². The van der Waals surface area contributed by atoms with Crippen LogP contribution in [0.1, 0.15) is 31.1 Å². The molecule has 0 radical (unpaired) electrons. The van der Waals surface area contributed by atoms with Crippen molar-refractivity contribution in [2.45, 2.75) is 20.8 Å². The molecular weight excluding hydrogens is 294 g/mol.